The van der Waals surface area contributed by atoms with Gasteiger partial charge >= 0.3 is 6.03 Å². The predicted molar refractivity (Wildman–Crippen MR) is 84.7 cm³/mol. The van der Waals surface area contributed by atoms with E-state index in [2.05, 4.69) is 15.4 Å². The van der Waals surface area contributed by atoms with Gasteiger partial charge in [0.2, 0.25) is 0 Å². The Morgan fingerprint density at radius 3 is 3.04 bits per heavy atom. The maximum atomic E-state index is 13.8. The second kappa shape index (κ2) is 6.76. The molecule has 6 nitrogen and oxygen atoms in total. The molecule has 1 aromatic heterocycles. The second-order valence-electron chi connectivity index (χ2n) is 5.71. The van der Waals surface area contributed by atoms with Crippen molar-refractivity contribution in [3.8, 4) is 0 Å². The first-order chi connectivity index (χ1) is 11.2. The number of benzene rings is 1. The van der Waals surface area contributed by atoms with Crippen molar-refractivity contribution in [3.05, 3.63) is 42.2 Å². The minimum absolute atomic E-state index is 0.135. The minimum atomic E-state index is -0.288. The smallest absolute Gasteiger partial charge is 0.321 e. The standard InChI is InChI=1S/C16H20FN5O/c1-2-12-5-6-13(8-15(12)17)20-16(23)21-7-3-4-14(9-21)22-11-18-10-19-22/h5-6,8,10-11,14H,2-4,7,9H2,1H3,(H,20,23). The van der Waals surface area contributed by atoms with E-state index in [1.54, 1.807) is 28.0 Å². The number of carbonyl (C=O) groups excluding carboxylic acids is 1. The van der Waals surface area contributed by atoms with Crippen molar-refractivity contribution in [3.63, 3.8) is 0 Å². The fourth-order valence-corrected chi connectivity index (χ4v) is 2.88. The number of halogens is 1. The van der Waals surface area contributed by atoms with Crippen molar-refractivity contribution in [2.24, 2.45) is 0 Å². The number of rotatable bonds is 3. The number of hydrogen-bond donors (Lipinski definition) is 1. The van der Waals surface area contributed by atoms with Gasteiger partial charge in [0.15, 0.2) is 0 Å². The van der Waals surface area contributed by atoms with Crippen LogP contribution in [0.2, 0.25) is 0 Å². The zero-order chi connectivity index (χ0) is 16.2. The molecule has 1 saturated heterocycles. The molecule has 1 atom stereocenters. The van der Waals surface area contributed by atoms with Crippen molar-refractivity contribution < 1.29 is 9.18 Å². The fraction of sp³-hybridized carbons (Fsp3) is 0.438. The Morgan fingerprint density at radius 2 is 2.35 bits per heavy atom. The van der Waals surface area contributed by atoms with Crippen LogP contribution in [0.15, 0.2) is 30.9 Å². The highest BCUT2D eigenvalue weighted by Gasteiger charge is 2.25. The van der Waals surface area contributed by atoms with Gasteiger partial charge in [0, 0.05) is 18.8 Å². The van der Waals surface area contributed by atoms with Crippen LogP contribution in [0.5, 0.6) is 0 Å². The first kappa shape index (κ1) is 15.5. The van der Waals surface area contributed by atoms with Crippen LogP contribution in [0.1, 0.15) is 31.4 Å². The van der Waals surface area contributed by atoms with Crippen LogP contribution < -0.4 is 5.32 Å². The molecule has 7 heteroatoms. The van der Waals surface area contributed by atoms with Gasteiger partial charge in [0.1, 0.15) is 18.5 Å². The lowest BCUT2D eigenvalue weighted by Crippen LogP contribution is -2.43. The summed E-state index contributed by atoms with van der Waals surface area (Å²) in [4.78, 5) is 18.1. The highest BCUT2D eigenvalue weighted by Crippen LogP contribution is 2.21. The van der Waals surface area contributed by atoms with Crippen molar-refractivity contribution in [1.82, 2.24) is 19.7 Å². The molecule has 0 aliphatic carbocycles. The van der Waals surface area contributed by atoms with Gasteiger partial charge in [-0.1, -0.05) is 13.0 Å². The summed E-state index contributed by atoms with van der Waals surface area (Å²) in [5, 5.41) is 6.92. The summed E-state index contributed by atoms with van der Waals surface area (Å²) in [6, 6.07) is 4.74. The van der Waals surface area contributed by atoms with Gasteiger partial charge in [0.05, 0.1) is 6.04 Å². The van der Waals surface area contributed by atoms with E-state index >= 15 is 0 Å². The van der Waals surface area contributed by atoms with E-state index in [-0.39, 0.29) is 17.9 Å². The monoisotopic (exact) mass is 317 g/mol. The Hall–Kier alpha value is -2.44. The molecular weight excluding hydrogens is 297 g/mol. The Morgan fingerprint density at radius 1 is 1.48 bits per heavy atom. The lowest BCUT2D eigenvalue weighted by Gasteiger charge is -2.32. The largest absolute Gasteiger partial charge is 0.322 e. The molecule has 1 aliphatic rings. The number of aryl methyl sites for hydroxylation is 1. The molecule has 0 spiro atoms. The van der Waals surface area contributed by atoms with Crippen molar-refractivity contribution in [2.45, 2.75) is 32.2 Å². The van der Waals surface area contributed by atoms with E-state index in [1.807, 2.05) is 6.92 Å². The van der Waals surface area contributed by atoms with Crippen molar-refractivity contribution in [2.75, 3.05) is 18.4 Å². The van der Waals surface area contributed by atoms with Crippen LogP contribution in [0.3, 0.4) is 0 Å². The number of amides is 2. The van der Waals surface area contributed by atoms with E-state index in [4.69, 9.17) is 0 Å². The Kier molecular flexibility index (Phi) is 4.55. The van der Waals surface area contributed by atoms with Crippen LogP contribution in [-0.4, -0.2) is 38.8 Å². The lowest BCUT2D eigenvalue weighted by atomic mass is 10.1. The summed E-state index contributed by atoms with van der Waals surface area (Å²) in [5.74, 6) is -0.288. The molecule has 2 amide bonds. The van der Waals surface area contributed by atoms with Crippen LogP contribution >= 0.6 is 0 Å². The molecule has 23 heavy (non-hydrogen) atoms. The average Bonchev–Trinajstić information content (AvgIpc) is 3.10. The molecule has 1 N–H and O–H groups in total. The molecule has 1 aliphatic heterocycles. The average molecular weight is 317 g/mol. The second-order valence-corrected chi connectivity index (χ2v) is 5.71. The van der Waals surface area contributed by atoms with Crippen molar-refractivity contribution in [1.29, 1.82) is 0 Å². The van der Waals surface area contributed by atoms with Gasteiger partial charge in [-0.2, -0.15) is 5.10 Å². The maximum absolute atomic E-state index is 13.8. The van der Waals surface area contributed by atoms with E-state index < -0.39 is 0 Å². The summed E-state index contributed by atoms with van der Waals surface area (Å²) >= 11 is 0. The van der Waals surface area contributed by atoms with E-state index in [0.29, 0.717) is 30.8 Å². The van der Waals surface area contributed by atoms with Crippen molar-refractivity contribution >= 4 is 11.7 Å². The van der Waals surface area contributed by atoms with Gasteiger partial charge in [-0.25, -0.2) is 18.9 Å². The summed E-state index contributed by atoms with van der Waals surface area (Å²) in [5.41, 5.74) is 1.12. The first-order valence-electron chi connectivity index (χ1n) is 7.86. The third-order valence-corrected chi connectivity index (χ3v) is 4.18. The lowest BCUT2D eigenvalue weighted by molar-refractivity contribution is 0.174. The van der Waals surface area contributed by atoms with Gasteiger partial charge in [0.25, 0.3) is 0 Å². The third-order valence-electron chi connectivity index (χ3n) is 4.18. The molecule has 1 aromatic carbocycles. The normalized spacial score (nSPS) is 18.0. The SMILES string of the molecule is CCc1ccc(NC(=O)N2CCCC(n3cncn3)C2)cc1F. The third kappa shape index (κ3) is 3.49. The molecule has 0 radical (unpaired) electrons. The Balaban J connectivity index is 1.64. The van der Waals surface area contributed by atoms with Crippen LogP contribution in [0.25, 0.3) is 0 Å². The van der Waals surface area contributed by atoms with Gasteiger partial charge < -0.3 is 10.2 Å². The Labute approximate surface area is 134 Å². The molecule has 3 rings (SSSR count). The van der Waals surface area contributed by atoms with E-state index in [0.717, 1.165) is 12.8 Å². The van der Waals surface area contributed by atoms with Crippen LogP contribution in [0.4, 0.5) is 14.9 Å². The van der Waals surface area contributed by atoms with Gasteiger partial charge in [-0.3, -0.25) is 0 Å². The highest BCUT2D eigenvalue weighted by molar-refractivity contribution is 5.89. The molecule has 1 unspecified atom stereocenters. The quantitative estimate of drug-likeness (QED) is 0.947. The number of nitrogens with zero attached hydrogens (tertiary/aromatic N) is 4. The maximum Gasteiger partial charge on any atom is 0.321 e. The van der Waals surface area contributed by atoms with Crippen LogP contribution in [-0.2, 0) is 6.42 Å². The molecular formula is C16H20FN5O. The summed E-state index contributed by atoms with van der Waals surface area (Å²) in [6.45, 7) is 3.16. The zero-order valence-electron chi connectivity index (χ0n) is 13.1. The highest BCUT2D eigenvalue weighted by atomic mass is 19.1. The number of likely N-dealkylation sites (tertiary alicyclic amines) is 1. The zero-order valence-corrected chi connectivity index (χ0v) is 13.1. The minimum Gasteiger partial charge on any atom is -0.322 e. The molecule has 0 saturated carbocycles. The summed E-state index contributed by atoms with van der Waals surface area (Å²) in [7, 11) is 0. The molecule has 0 bridgehead atoms. The van der Waals surface area contributed by atoms with Crippen LogP contribution in [0, 0.1) is 5.82 Å². The fourth-order valence-electron chi connectivity index (χ4n) is 2.88. The number of anilines is 1. The van der Waals surface area contributed by atoms with Gasteiger partial charge in [-0.05, 0) is 37.0 Å². The molecule has 2 aromatic rings. The number of piperidine rings is 1. The first-order valence-corrected chi connectivity index (χ1v) is 7.86. The van der Waals surface area contributed by atoms with E-state index in [1.165, 1.54) is 12.4 Å². The topological polar surface area (TPSA) is 63.1 Å². The molecule has 2 heterocycles. The number of carbonyl (C=O) groups is 1. The molecule has 1 fully saturated rings. The number of hydrogen-bond acceptors (Lipinski definition) is 3. The predicted octanol–water partition coefficient (Wildman–Crippen LogP) is 2.85. The number of aromatic nitrogens is 3. The van der Waals surface area contributed by atoms with Gasteiger partial charge in [-0.15, -0.1) is 0 Å². The summed E-state index contributed by atoms with van der Waals surface area (Å²) in [6.07, 6.45) is 5.67. The van der Waals surface area contributed by atoms with E-state index in [9.17, 15) is 9.18 Å². The Bertz CT molecular complexity index is 673. The molecule has 122 valence electrons. The number of nitrogens with one attached hydrogen (secondary N) is 1. The summed E-state index contributed by atoms with van der Waals surface area (Å²) < 4.78 is 15.6. The number of urea groups is 1.